The van der Waals surface area contributed by atoms with Crippen molar-refractivity contribution in [1.29, 1.82) is 0 Å². The molecule has 0 aromatic heterocycles. The maximum atomic E-state index is 8.53. The molecule has 0 saturated carbocycles. The average molecular weight is 276 g/mol. The summed E-state index contributed by atoms with van der Waals surface area (Å²) in [6, 6.07) is 0. The van der Waals surface area contributed by atoms with Crippen molar-refractivity contribution in [2.75, 3.05) is 6.61 Å². The van der Waals surface area contributed by atoms with Crippen LogP contribution in [0.25, 0.3) is 0 Å². The predicted octanol–water partition coefficient (Wildman–Crippen LogP) is 1.15. The van der Waals surface area contributed by atoms with Gasteiger partial charge in [-0.2, -0.15) is 0 Å². The average Bonchev–Trinajstić information content (AvgIpc) is 2.01. The Morgan fingerprint density at radius 3 is 1.93 bits per heavy atom. The Kier molecular flexibility index (Phi) is 13.6. The molecule has 0 saturated heterocycles. The van der Waals surface area contributed by atoms with Crippen molar-refractivity contribution in [3.8, 4) is 0 Å². The fourth-order valence-corrected chi connectivity index (χ4v) is 1.74. The first kappa shape index (κ1) is 17.7. The normalized spacial score (nSPS) is 11.1. The Bertz CT molecular complexity index is 116. The van der Waals surface area contributed by atoms with Gasteiger partial charge >= 0.3 is 84.6 Å². The molecule has 0 aliphatic heterocycles. The van der Waals surface area contributed by atoms with E-state index in [1.165, 1.54) is 19.3 Å². The van der Waals surface area contributed by atoms with Crippen molar-refractivity contribution in [3.63, 3.8) is 0 Å². The molecule has 0 fully saturated rings. The van der Waals surface area contributed by atoms with E-state index >= 15 is 0 Å². The van der Waals surface area contributed by atoms with Crippen LogP contribution in [0, 0.1) is 0 Å². The van der Waals surface area contributed by atoms with Gasteiger partial charge in [-0.15, -0.1) is 0 Å². The van der Waals surface area contributed by atoms with Gasteiger partial charge in [-0.3, -0.25) is 0 Å². The Labute approximate surface area is 106 Å². The molecule has 0 aromatic carbocycles. The van der Waals surface area contributed by atoms with Gasteiger partial charge in [-0.05, 0) is 0 Å². The van der Waals surface area contributed by atoms with Gasteiger partial charge in [0.1, 0.15) is 0 Å². The smallest absolute Gasteiger partial charge is 0 e. The Hall–Kier alpha value is 1.27. The van der Waals surface area contributed by atoms with E-state index in [0.29, 0.717) is 0 Å². The molecule has 84 valence electrons. The summed E-state index contributed by atoms with van der Waals surface area (Å²) in [6.45, 7) is 2.42. The standard InChI is InChI=1S/C8H17O.3H2O.2Ti/c1-2-3-4-5-6-7-8-9;;;;;/h2-8H2,1H3;3*1H2;;/q-1;;;;;+4/p-3. The van der Waals surface area contributed by atoms with Gasteiger partial charge in [0.25, 0.3) is 0 Å². The van der Waals surface area contributed by atoms with E-state index in [1.807, 2.05) is 0 Å². The molecule has 0 aliphatic rings. The van der Waals surface area contributed by atoms with E-state index in [4.69, 9.17) is 11.1 Å². The molecule has 0 aromatic rings. The fraction of sp³-hybridized carbons (Fsp3) is 1.00. The molecule has 0 rings (SSSR count). The van der Waals surface area contributed by atoms with Gasteiger partial charge in [-0.1, -0.05) is 0 Å². The second kappa shape index (κ2) is 10.8. The first-order chi connectivity index (χ1) is 6.06. The maximum Gasteiger partial charge on any atom is 0 e. The van der Waals surface area contributed by atoms with Crippen molar-refractivity contribution in [2.24, 2.45) is 0 Å². The monoisotopic (exact) mass is 276 g/mol. The summed E-state index contributed by atoms with van der Waals surface area (Å²) in [4.78, 5) is 0. The van der Waals surface area contributed by atoms with Crippen LogP contribution in [-0.4, -0.2) is 17.7 Å². The van der Waals surface area contributed by atoms with Crippen molar-refractivity contribution < 1.29 is 54.2 Å². The predicted molar refractivity (Wildman–Crippen MR) is 46.0 cm³/mol. The van der Waals surface area contributed by atoms with Crippen molar-refractivity contribution >= 4 is 0 Å². The van der Waals surface area contributed by atoms with Gasteiger partial charge in [0.15, 0.2) is 0 Å². The van der Waals surface area contributed by atoms with E-state index < -0.39 is 18.1 Å². The Balaban J connectivity index is 0. The first-order valence-electron chi connectivity index (χ1n) is 4.87. The zero-order chi connectivity index (χ0) is 10.2. The second-order valence-corrected chi connectivity index (χ2v) is 5.43. The molecule has 0 spiro atoms. The molecule has 0 unspecified atom stereocenters. The summed E-state index contributed by atoms with van der Waals surface area (Å²) in [5.41, 5.74) is 0. The molecule has 0 amide bonds. The molecule has 6 heteroatoms. The van der Waals surface area contributed by atoms with E-state index in [2.05, 4.69) is 10.2 Å². The van der Waals surface area contributed by atoms with Gasteiger partial charge in [-0.25, -0.2) is 0 Å². The molecule has 3 N–H and O–H groups in total. The van der Waals surface area contributed by atoms with Gasteiger partial charge < -0.3 is 0 Å². The summed E-state index contributed by atoms with van der Waals surface area (Å²) >= 11 is -4.68. The van der Waals surface area contributed by atoms with E-state index in [1.54, 1.807) is 0 Å². The van der Waals surface area contributed by atoms with Crippen LogP contribution in [-0.2, 0) is 43.2 Å². The molecular formula is C8H20O4Ti2. The van der Waals surface area contributed by atoms with Gasteiger partial charge in [0, 0.05) is 21.7 Å². The quantitative estimate of drug-likeness (QED) is 0.459. The molecule has 0 heterocycles. The SMILES string of the molecule is CCCCCCCC[O][Ti]([OH])([OH])[OH].[Ti]. The van der Waals surface area contributed by atoms with Crippen LogP contribution < -0.4 is 0 Å². The third-order valence-corrected chi connectivity index (χ3v) is 2.72. The van der Waals surface area contributed by atoms with Gasteiger partial charge in [0.05, 0.1) is 0 Å². The van der Waals surface area contributed by atoms with Crippen LogP contribution in [0.2, 0.25) is 0 Å². The summed E-state index contributed by atoms with van der Waals surface area (Å²) in [6.07, 6.45) is 6.66. The largest absolute Gasteiger partial charge is 0 e. The number of hydrogen-bond donors (Lipinski definition) is 3. The van der Waals surface area contributed by atoms with Crippen LogP contribution >= 0.6 is 0 Å². The van der Waals surface area contributed by atoms with Crippen molar-refractivity contribution in [1.82, 2.24) is 0 Å². The number of hydrogen-bond acceptors (Lipinski definition) is 4. The number of unbranched alkanes of at least 4 members (excludes halogenated alkanes) is 5. The Morgan fingerprint density at radius 2 is 1.43 bits per heavy atom. The molecule has 0 atom stereocenters. The summed E-state index contributed by atoms with van der Waals surface area (Å²) < 4.78 is 30.1. The van der Waals surface area contributed by atoms with Gasteiger partial charge in [0.2, 0.25) is 0 Å². The summed E-state index contributed by atoms with van der Waals surface area (Å²) in [5.74, 6) is 0. The van der Waals surface area contributed by atoms with Crippen LogP contribution in [0.15, 0.2) is 0 Å². The zero-order valence-electron chi connectivity index (χ0n) is 8.70. The minimum absolute atomic E-state index is 0. The van der Waals surface area contributed by atoms with E-state index in [9.17, 15) is 0 Å². The molecule has 0 bridgehead atoms. The molecule has 4 nitrogen and oxygen atoms in total. The van der Waals surface area contributed by atoms with Crippen LogP contribution in [0.5, 0.6) is 0 Å². The van der Waals surface area contributed by atoms with E-state index in [-0.39, 0.29) is 28.3 Å². The summed E-state index contributed by atoms with van der Waals surface area (Å²) in [7, 11) is 0. The third kappa shape index (κ3) is 15.7. The van der Waals surface area contributed by atoms with Crippen molar-refractivity contribution in [3.05, 3.63) is 0 Å². The maximum absolute atomic E-state index is 8.53. The second-order valence-electron chi connectivity index (χ2n) is 3.19. The number of rotatable bonds is 8. The third-order valence-electron chi connectivity index (χ3n) is 1.79. The molecule has 0 aliphatic carbocycles. The van der Waals surface area contributed by atoms with Crippen LogP contribution in [0.1, 0.15) is 45.4 Å². The first-order valence-corrected chi connectivity index (χ1v) is 7.60. The molecular weight excluding hydrogens is 256 g/mol. The molecule has 14 heavy (non-hydrogen) atoms. The fourth-order valence-electron chi connectivity index (χ4n) is 1.09. The molecule has 0 radical (unpaired) electrons. The Morgan fingerprint density at radius 1 is 0.929 bits per heavy atom. The summed E-state index contributed by atoms with van der Waals surface area (Å²) in [5, 5.41) is 0. The zero-order valence-corrected chi connectivity index (χ0v) is 11.8. The van der Waals surface area contributed by atoms with Crippen LogP contribution in [0.3, 0.4) is 0 Å². The van der Waals surface area contributed by atoms with Crippen molar-refractivity contribution in [2.45, 2.75) is 45.4 Å². The van der Waals surface area contributed by atoms with Crippen LogP contribution in [0.4, 0.5) is 0 Å². The topological polar surface area (TPSA) is 69.9 Å². The minimum Gasteiger partial charge on any atom is 0 e. The van der Waals surface area contributed by atoms with E-state index in [0.717, 1.165) is 19.3 Å². The minimum atomic E-state index is -4.68.